The molecule has 2 aromatic carbocycles. The number of benzene rings is 2. The van der Waals surface area contributed by atoms with Crippen molar-refractivity contribution in [3.63, 3.8) is 0 Å². The van der Waals surface area contributed by atoms with Gasteiger partial charge in [-0.1, -0.05) is 34.1 Å². The van der Waals surface area contributed by atoms with E-state index in [4.69, 9.17) is 0 Å². The first-order valence-electron chi connectivity index (χ1n) is 7.43. The van der Waals surface area contributed by atoms with Gasteiger partial charge >= 0.3 is 0 Å². The maximum atomic E-state index is 13.2. The normalized spacial score (nSPS) is 12.0. The molecule has 0 fully saturated rings. The quantitative estimate of drug-likeness (QED) is 0.597. The number of amides is 1. The lowest BCUT2D eigenvalue weighted by Crippen LogP contribution is -2.15. The third-order valence-electron chi connectivity index (χ3n) is 3.54. The molecular formula is C17H13BrFN3O3S. The Kier molecular flexibility index (Phi) is 5.60. The number of hydrogen-bond acceptors (Lipinski definition) is 3. The summed E-state index contributed by atoms with van der Waals surface area (Å²) in [4.78, 5) is 12.2. The lowest BCUT2D eigenvalue weighted by atomic mass is 10.1. The van der Waals surface area contributed by atoms with Crippen molar-refractivity contribution < 1.29 is 17.9 Å². The molecule has 26 heavy (non-hydrogen) atoms. The Balaban J connectivity index is 1.82. The van der Waals surface area contributed by atoms with Gasteiger partial charge in [0.2, 0.25) is 5.91 Å². The van der Waals surface area contributed by atoms with Crippen LogP contribution in [-0.2, 0) is 22.3 Å². The third-order valence-corrected chi connectivity index (χ3v) is 5.02. The highest BCUT2D eigenvalue weighted by molar-refractivity contribution is 9.10. The highest BCUT2D eigenvalue weighted by Gasteiger charge is 2.14. The van der Waals surface area contributed by atoms with Gasteiger partial charge in [0.15, 0.2) is 16.9 Å². The summed E-state index contributed by atoms with van der Waals surface area (Å²) in [5.41, 5.74) is 1.42. The van der Waals surface area contributed by atoms with Crippen molar-refractivity contribution in [1.82, 2.24) is 9.78 Å². The van der Waals surface area contributed by atoms with Crippen LogP contribution in [0.25, 0.3) is 5.69 Å². The minimum absolute atomic E-state index is 0.00629. The molecule has 0 spiro atoms. The van der Waals surface area contributed by atoms with Gasteiger partial charge in [-0.15, -0.1) is 0 Å². The molecule has 1 amide bonds. The molecule has 1 atom stereocenters. The van der Waals surface area contributed by atoms with E-state index < -0.39 is 16.9 Å². The molecule has 6 nitrogen and oxygen atoms in total. The van der Waals surface area contributed by atoms with Crippen molar-refractivity contribution >= 4 is 38.6 Å². The molecule has 0 aliphatic carbocycles. The molecule has 2 N–H and O–H groups in total. The Bertz CT molecular complexity index is 993. The summed E-state index contributed by atoms with van der Waals surface area (Å²) in [5.74, 6) is -0.838. The minimum atomic E-state index is -2.34. The number of aromatic nitrogens is 2. The van der Waals surface area contributed by atoms with Crippen LogP contribution in [-0.4, -0.2) is 24.4 Å². The fourth-order valence-corrected chi connectivity index (χ4v) is 3.37. The van der Waals surface area contributed by atoms with Gasteiger partial charge in [-0.3, -0.25) is 4.79 Å². The van der Waals surface area contributed by atoms with E-state index in [1.54, 1.807) is 6.07 Å². The number of halogens is 2. The molecule has 1 unspecified atom stereocenters. The summed E-state index contributed by atoms with van der Waals surface area (Å²) >= 11 is 1.04. The molecule has 134 valence electrons. The van der Waals surface area contributed by atoms with Gasteiger partial charge in [0, 0.05) is 10.2 Å². The van der Waals surface area contributed by atoms with Crippen molar-refractivity contribution in [2.24, 2.45) is 0 Å². The number of carbonyl (C=O) groups excluding carboxylic acids is 1. The van der Waals surface area contributed by atoms with Crippen molar-refractivity contribution in [3.05, 3.63) is 70.7 Å². The number of anilines is 1. The zero-order valence-corrected chi connectivity index (χ0v) is 15.6. The second-order valence-corrected chi connectivity index (χ2v) is 7.14. The van der Waals surface area contributed by atoms with Crippen molar-refractivity contribution in [3.8, 4) is 5.69 Å². The van der Waals surface area contributed by atoms with E-state index in [0.29, 0.717) is 5.69 Å². The molecule has 0 aliphatic heterocycles. The summed E-state index contributed by atoms with van der Waals surface area (Å²) in [6.45, 7) is 0. The third kappa shape index (κ3) is 4.24. The van der Waals surface area contributed by atoms with E-state index >= 15 is 0 Å². The van der Waals surface area contributed by atoms with Crippen LogP contribution in [0, 0.1) is 5.82 Å². The van der Waals surface area contributed by atoms with E-state index in [-0.39, 0.29) is 22.9 Å². The molecule has 0 saturated carbocycles. The Morgan fingerprint density at radius 3 is 2.73 bits per heavy atom. The largest absolute Gasteiger partial charge is 0.326 e. The lowest BCUT2D eigenvalue weighted by molar-refractivity contribution is -0.115. The Morgan fingerprint density at radius 2 is 2.08 bits per heavy atom. The van der Waals surface area contributed by atoms with Crippen molar-refractivity contribution in [2.45, 2.75) is 11.3 Å². The fourth-order valence-electron chi connectivity index (χ4n) is 2.37. The maximum Gasteiger partial charge on any atom is 0.228 e. The first-order chi connectivity index (χ1) is 12.4. The topological polar surface area (TPSA) is 84.2 Å². The molecule has 1 aromatic heterocycles. The summed E-state index contributed by atoms with van der Waals surface area (Å²) in [5, 5.41) is 6.48. The lowest BCUT2D eigenvalue weighted by Gasteiger charge is -2.11. The molecule has 0 radical (unpaired) electrons. The summed E-state index contributed by atoms with van der Waals surface area (Å²) in [6, 6.07) is 11.8. The molecule has 9 heteroatoms. The smallest absolute Gasteiger partial charge is 0.228 e. The van der Waals surface area contributed by atoms with Crippen LogP contribution in [0.2, 0.25) is 0 Å². The van der Waals surface area contributed by atoms with Crippen LogP contribution in [0.15, 0.2) is 64.2 Å². The highest BCUT2D eigenvalue weighted by Crippen LogP contribution is 2.23. The van der Waals surface area contributed by atoms with E-state index in [1.807, 2.05) is 24.3 Å². The molecular weight excluding hydrogens is 425 g/mol. The van der Waals surface area contributed by atoms with Gasteiger partial charge in [-0.25, -0.2) is 13.3 Å². The van der Waals surface area contributed by atoms with Crippen molar-refractivity contribution in [2.75, 3.05) is 5.32 Å². The molecule has 0 saturated heterocycles. The number of carbonyl (C=O) groups is 1. The molecule has 0 bridgehead atoms. The van der Waals surface area contributed by atoms with Gasteiger partial charge in [0.1, 0.15) is 0 Å². The molecule has 3 aromatic rings. The van der Waals surface area contributed by atoms with Gasteiger partial charge in [0.05, 0.1) is 29.4 Å². The van der Waals surface area contributed by atoms with Gasteiger partial charge in [0.25, 0.3) is 0 Å². The van der Waals surface area contributed by atoms with E-state index in [9.17, 15) is 17.9 Å². The van der Waals surface area contributed by atoms with Crippen LogP contribution >= 0.6 is 15.9 Å². The Hall–Kier alpha value is -2.36. The average Bonchev–Trinajstić information content (AvgIpc) is 3.03. The first-order valence-corrected chi connectivity index (χ1v) is 9.33. The Morgan fingerprint density at radius 1 is 1.31 bits per heavy atom. The SMILES string of the molecule is O=C(Cc1ccccc1Br)Nc1ccc(-n2cc(F)cn2)c(S(=O)O)c1. The van der Waals surface area contributed by atoms with E-state index in [0.717, 1.165) is 27.1 Å². The second kappa shape index (κ2) is 7.90. The average molecular weight is 438 g/mol. The number of nitrogens with zero attached hydrogens (tertiary/aromatic N) is 2. The summed E-state index contributed by atoms with van der Waals surface area (Å²) in [7, 11) is 0. The zero-order chi connectivity index (χ0) is 18.7. The summed E-state index contributed by atoms with van der Waals surface area (Å²) in [6.07, 6.45) is 2.24. The van der Waals surface area contributed by atoms with E-state index in [2.05, 4.69) is 26.3 Å². The number of hydrogen-bond donors (Lipinski definition) is 2. The second-order valence-electron chi connectivity index (χ2n) is 5.35. The van der Waals surface area contributed by atoms with Crippen LogP contribution in [0.3, 0.4) is 0 Å². The molecule has 1 heterocycles. The van der Waals surface area contributed by atoms with Crippen LogP contribution < -0.4 is 5.32 Å². The summed E-state index contributed by atoms with van der Waals surface area (Å²) < 4.78 is 36.3. The van der Waals surface area contributed by atoms with Gasteiger partial charge < -0.3 is 9.87 Å². The van der Waals surface area contributed by atoms with Gasteiger partial charge in [-0.05, 0) is 29.8 Å². The standard InChI is InChI=1S/C17H13BrFN3O3S/c18-14-4-2-1-3-11(14)7-17(23)21-13-5-6-15(16(8-13)26(24)25)22-10-12(19)9-20-22/h1-6,8-10H,7H2,(H,21,23)(H,24,25). The maximum absolute atomic E-state index is 13.2. The number of nitrogens with one attached hydrogen (secondary N) is 1. The van der Waals surface area contributed by atoms with Crippen LogP contribution in [0.4, 0.5) is 10.1 Å². The first kappa shape index (κ1) is 18.4. The fraction of sp³-hybridized carbons (Fsp3) is 0.0588. The van der Waals surface area contributed by atoms with Crippen molar-refractivity contribution in [1.29, 1.82) is 0 Å². The van der Waals surface area contributed by atoms with Crippen LogP contribution in [0.1, 0.15) is 5.56 Å². The number of rotatable bonds is 5. The molecule has 3 rings (SSSR count). The monoisotopic (exact) mass is 437 g/mol. The van der Waals surface area contributed by atoms with E-state index in [1.165, 1.54) is 12.1 Å². The highest BCUT2D eigenvalue weighted by atomic mass is 79.9. The zero-order valence-electron chi connectivity index (χ0n) is 13.2. The molecule has 0 aliphatic rings. The predicted molar refractivity (Wildman–Crippen MR) is 99.0 cm³/mol. The van der Waals surface area contributed by atoms with Gasteiger partial charge in [-0.2, -0.15) is 5.10 Å². The minimum Gasteiger partial charge on any atom is -0.326 e. The predicted octanol–water partition coefficient (Wildman–Crippen LogP) is 3.54. The van der Waals surface area contributed by atoms with Crippen LogP contribution in [0.5, 0.6) is 0 Å². The Labute approximate surface area is 159 Å².